The SMILES string of the molecule is CCc1ccc(Cc2cnc(NC(=O)CCCCl)s2)cc1. The van der Waals surface area contributed by atoms with Crippen LogP contribution in [0.1, 0.15) is 35.8 Å². The van der Waals surface area contributed by atoms with Crippen LogP contribution in [0.2, 0.25) is 0 Å². The summed E-state index contributed by atoms with van der Waals surface area (Å²) in [6, 6.07) is 8.62. The number of aryl methyl sites for hydroxylation is 1. The summed E-state index contributed by atoms with van der Waals surface area (Å²) in [5.41, 5.74) is 2.60. The number of hydrogen-bond donors (Lipinski definition) is 1. The molecule has 2 rings (SSSR count). The summed E-state index contributed by atoms with van der Waals surface area (Å²) in [6.07, 6.45) is 4.86. The first kappa shape index (κ1) is 16.0. The van der Waals surface area contributed by atoms with Gasteiger partial charge in [0.25, 0.3) is 0 Å². The van der Waals surface area contributed by atoms with Gasteiger partial charge in [0.1, 0.15) is 0 Å². The summed E-state index contributed by atoms with van der Waals surface area (Å²) in [6.45, 7) is 2.15. The zero-order valence-electron chi connectivity index (χ0n) is 12.1. The van der Waals surface area contributed by atoms with Gasteiger partial charge >= 0.3 is 0 Å². The second-order valence-electron chi connectivity index (χ2n) is 4.82. The Morgan fingerprint density at radius 1 is 1.29 bits per heavy atom. The zero-order chi connectivity index (χ0) is 15.1. The van der Waals surface area contributed by atoms with E-state index in [2.05, 4.69) is 41.5 Å². The van der Waals surface area contributed by atoms with Gasteiger partial charge in [-0.25, -0.2) is 4.98 Å². The number of benzene rings is 1. The van der Waals surface area contributed by atoms with Crippen molar-refractivity contribution < 1.29 is 4.79 Å². The number of halogens is 1. The van der Waals surface area contributed by atoms with Gasteiger partial charge < -0.3 is 5.32 Å². The molecule has 112 valence electrons. The lowest BCUT2D eigenvalue weighted by molar-refractivity contribution is -0.116. The molecule has 0 spiro atoms. The Kier molecular flexibility index (Phi) is 6.21. The van der Waals surface area contributed by atoms with Crippen LogP contribution in [-0.4, -0.2) is 16.8 Å². The summed E-state index contributed by atoms with van der Waals surface area (Å²) in [7, 11) is 0. The molecule has 0 saturated heterocycles. The lowest BCUT2D eigenvalue weighted by atomic mass is 10.1. The lowest BCUT2D eigenvalue weighted by Gasteiger charge is -2.01. The molecule has 0 atom stereocenters. The van der Waals surface area contributed by atoms with Crippen LogP contribution in [0, 0.1) is 0 Å². The quantitative estimate of drug-likeness (QED) is 0.774. The number of carbonyl (C=O) groups excluding carboxylic acids is 1. The third-order valence-corrected chi connectivity index (χ3v) is 4.33. The third kappa shape index (κ3) is 5.14. The van der Waals surface area contributed by atoms with Crippen LogP contribution >= 0.6 is 22.9 Å². The Bertz CT molecular complexity index is 580. The van der Waals surface area contributed by atoms with Gasteiger partial charge in [0, 0.05) is 29.8 Å². The molecule has 1 aromatic carbocycles. The van der Waals surface area contributed by atoms with Crippen molar-refractivity contribution in [2.24, 2.45) is 0 Å². The molecule has 1 amide bonds. The van der Waals surface area contributed by atoms with E-state index >= 15 is 0 Å². The van der Waals surface area contributed by atoms with E-state index in [0.717, 1.165) is 17.7 Å². The van der Waals surface area contributed by atoms with Crippen LogP contribution in [0.4, 0.5) is 5.13 Å². The number of carbonyl (C=O) groups is 1. The second kappa shape index (κ2) is 8.15. The van der Waals surface area contributed by atoms with Crippen molar-refractivity contribution >= 4 is 34.0 Å². The van der Waals surface area contributed by atoms with Crippen LogP contribution in [0.15, 0.2) is 30.5 Å². The van der Waals surface area contributed by atoms with Crippen LogP contribution in [0.25, 0.3) is 0 Å². The van der Waals surface area contributed by atoms with E-state index in [1.165, 1.54) is 22.5 Å². The number of nitrogens with one attached hydrogen (secondary N) is 1. The number of rotatable bonds is 7. The average Bonchev–Trinajstić information content (AvgIpc) is 2.93. The molecule has 1 N–H and O–H groups in total. The van der Waals surface area contributed by atoms with Crippen molar-refractivity contribution in [2.45, 2.75) is 32.6 Å². The van der Waals surface area contributed by atoms with Crippen LogP contribution in [0.3, 0.4) is 0 Å². The maximum atomic E-state index is 11.6. The molecular weight excluding hydrogens is 304 g/mol. The van der Waals surface area contributed by atoms with Crippen molar-refractivity contribution in [1.82, 2.24) is 4.98 Å². The van der Waals surface area contributed by atoms with Crippen molar-refractivity contribution in [1.29, 1.82) is 0 Å². The van der Waals surface area contributed by atoms with E-state index in [1.807, 2.05) is 6.20 Å². The normalized spacial score (nSPS) is 10.6. The molecule has 5 heteroatoms. The second-order valence-corrected chi connectivity index (χ2v) is 6.31. The molecule has 0 aliphatic carbocycles. The maximum absolute atomic E-state index is 11.6. The Morgan fingerprint density at radius 2 is 2.00 bits per heavy atom. The molecule has 0 fully saturated rings. The average molecular weight is 323 g/mol. The number of anilines is 1. The summed E-state index contributed by atoms with van der Waals surface area (Å²) >= 11 is 7.09. The van der Waals surface area contributed by atoms with E-state index in [-0.39, 0.29) is 5.91 Å². The van der Waals surface area contributed by atoms with Crippen LogP contribution < -0.4 is 5.32 Å². The highest BCUT2D eigenvalue weighted by Gasteiger charge is 2.07. The number of thiazole rings is 1. The zero-order valence-corrected chi connectivity index (χ0v) is 13.6. The maximum Gasteiger partial charge on any atom is 0.226 e. The lowest BCUT2D eigenvalue weighted by Crippen LogP contribution is -2.10. The predicted octanol–water partition coefficient (Wildman–Crippen LogP) is 4.25. The molecule has 0 aliphatic rings. The molecule has 1 aromatic heterocycles. The molecule has 0 saturated carbocycles. The Hall–Kier alpha value is -1.39. The van der Waals surface area contributed by atoms with Crippen molar-refractivity contribution in [3.63, 3.8) is 0 Å². The van der Waals surface area contributed by atoms with Crippen molar-refractivity contribution in [3.8, 4) is 0 Å². The van der Waals surface area contributed by atoms with E-state index in [1.54, 1.807) is 0 Å². The highest BCUT2D eigenvalue weighted by molar-refractivity contribution is 7.15. The first-order valence-corrected chi connectivity index (χ1v) is 8.44. The Morgan fingerprint density at radius 3 is 2.67 bits per heavy atom. The minimum absolute atomic E-state index is 0.0242. The smallest absolute Gasteiger partial charge is 0.226 e. The molecule has 21 heavy (non-hydrogen) atoms. The first-order chi connectivity index (χ1) is 10.2. The third-order valence-electron chi connectivity index (χ3n) is 3.15. The monoisotopic (exact) mass is 322 g/mol. The number of hydrogen-bond acceptors (Lipinski definition) is 3. The van der Waals surface area contributed by atoms with E-state index in [4.69, 9.17) is 11.6 Å². The van der Waals surface area contributed by atoms with E-state index in [9.17, 15) is 4.79 Å². The molecule has 2 aromatic rings. The summed E-state index contributed by atoms with van der Waals surface area (Å²) in [5, 5.41) is 3.47. The van der Waals surface area contributed by atoms with Gasteiger partial charge in [-0.15, -0.1) is 22.9 Å². The Balaban J connectivity index is 1.91. The molecule has 0 unspecified atom stereocenters. The highest BCUT2D eigenvalue weighted by Crippen LogP contribution is 2.21. The first-order valence-electron chi connectivity index (χ1n) is 7.09. The van der Waals surface area contributed by atoms with Crippen LogP contribution in [-0.2, 0) is 17.6 Å². The van der Waals surface area contributed by atoms with Gasteiger partial charge in [0.05, 0.1) is 0 Å². The van der Waals surface area contributed by atoms with Crippen molar-refractivity contribution in [2.75, 3.05) is 11.2 Å². The molecular formula is C16H19ClN2OS. The van der Waals surface area contributed by atoms with Gasteiger partial charge in [0.15, 0.2) is 5.13 Å². The van der Waals surface area contributed by atoms with Crippen LogP contribution in [0.5, 0.6) is 0 Å². The molecule has 3 nitrogen and oxygen atoms in total. The summed E-state index contributed by atoms with van der Waals surface area (Å²) < 4.78 is 0. The topological polar surface area (TPSA) is 42.0 Å². The fraction of sp³-hybridized carbons (Fsp3) is 0.375. The summed E-state index contributed by atoms with van der Waals surface area (Å²) in [5.74, 6) is 0.480. The standard InChI is InChI=1S/C16H19ClN2OS/c1-2-12-5-7-13(8-6-12)10-14-11-18-16(21-14)19-15(20)4-3-9-17/h5-8,11H,2-4,9-10H2,1H3,(H,18,19,20). The van der Waals surface area contributed by atoms with Gasteiger partial charge in [-0.2, -0.15) is 0 Å². The Labute approximate surface area is 134 Å². The molecule has 1 heterocycles. The molecule has 0 bridgehead atoms. The van der Waals surface area contributed by atoms with Crippen molar-refractivity contribution in [3.05, 3.63) is 46.5 Å². The largest absolute Gasteiger partial charge is 0.302 e. The predicted molar refractivity (Wildman–Crippen MR) is 89.3 cm³/mol. The minimum atomic E-state index is -0.0242. The number of amides is 1. The molecule has 0 aliphatic heterocycles. The van der Waals surface area contributed by atoms with Gasteiger partial charge in [0.2, 0.25) is 5.91 Å². The van der Waals surface area contributed by atoms with E-state index < -0.39 is 0 Å². The summed E-state index contributed by atoms with van der Waals surface area (Å²) in [4.78, 5) is 17.0. The van der Waals surface area contributed by atoms with Gasteiger partial charge in [-0.1, -0.05) is 31.2 Å². The number of nitrogens with zero attached hydrogens (tertiary/aromatic N) is 1. The highest BCUT2D eigenvalue weighted by atomic mass is 35.5. The van der Waals surface area contributed by atoms with Gasteiger partial charge in [-0.05, 0) is 24.0 Å². The number of alkyl halides is 1. The molecule has 0 radical (unpaired) electrons. The fourth-order valence-electron chi connectivity index (χ4n) is 1.95. The fourth-order valence-corrected chi connectivity index (χ4v) is 2.95. The van der Waals surface area contributed by atoms with Gasteiger partial charge in [-0.3, -0.25) is 4.79 Å². The number of aromatic nitrogens is 1. The minimum Gasteiger partial charge on any atom is -0.302 e. The van der Waals surface area contributed by atoms with E-state index in [0.29, 0.717) is 23.9 Å².